The van der Waals surface area contributed by atoms with Crippen molar-refractivity contribution in [2.24, 2.45) is 11.8 Å². The first kappa shape index (κ1) is 25.6. The van der Waals surface area contributed by atoms with Crippen LogP contribution in [0.4, 0.5) is 0 Å². The highest BCUT2D eigenvalue weighted by Gasteiger charge is 2.52. The van der Waals surface area contributed by atoms with E-state index in [0.717, 1.165) is 0 Å². The first-order chi connectivity index (χ1) is 18.0. The van der Waals surface area contributed by atoms with Crippen molar-refractivity contribution in [3.8, 4) is 0 Å². The average Bonchev–Trinajstić information content (AvgIpc) is 3.28. The van der Waals surface area contributed by atoms with Gasteiger partial charge in [-0.05, 0) is 42.8 Å². The van der Waals surface area contributed by atoms with Gasteiger partial charge < -0.3 is 18.9 Å². The Bertz CT molecular complexity index is 1230. The van der Waals surface area contributed by atoms with Crippen LogP contribution in [0.15, 0.2) is 91.0 Å². The lowest BCUT2D eigenvalue weighted by atomic mass is 10.0. The Morgan fingerprint density at radius 2 is 1.08 bits per heavy atom. The molecule has 0 unspecified atom stereocenters. The number of hydrogen-bond acceptors (Lipinski definition) is 8. The topological polar surface area (TPSA) is 105 Å². The van der Waals surface area contributed by atoms with E-state index in [1.54, 1.807) is 91.0 Å². The average molecular weight is 503 g/mol. The number of benzene rings is 3. The molecule has 0 N–H and O–H groups in total. The molecule has 0 aliphatic heterocycles. The van der Waals surface area contributed by atoms with Crippen LogP contribution in [-0.4, -0.2) is 49.8 Å². The molecule has 1 aliphatic carbocycles. The van der Waals surface area contributed by atoms with Crippen LogP contribution >= 0.6 is 0 Å². The zero-order chi connectivity index (χ0) is 26.2. The summed E-state index contributed by atoms with van der Waals surface area (Å²) in [4.78, 5) is 51.1. The fraction of sp³-hybridized carbons (Fsp3) is 0.241. The molecule has 3 aromatic carbocycles. The SMILES string of the molecule is COC(=O)[C@@H]1C[C@H](COC(=O)c2ccccc2)[C@@H](OC(=O)c2ccccc2)[C@H]1OC(=O)c1ccccc1. The van der Waals surface area contributed by atoms with Crippen LogP contribution in [0.2, 0.25) is 0 Å². The van der Waals surface area contributed by atoms with Gasteiger partial charge in [0.15, 0.2) is 6.10 Å². The molecule has 3 aromatic rings. The third kappa shape index (κ3) is 6.22. The standard InChI is InChI=1S/C29H26O8/c1-34-29(33)23-17-22(18-35-26(30)19-11-5-2-6-12-19)24(36-27(31)20-13-7-3-8-14-20)25(23)37-28(32)21-15-9-4-10-16-21/h2-16,22-25H,17-18H2,1H3/t22-,23-,24-,25+/m1/s1. The minimum absolute atomic E-state index is 0.119. The highest BCUT2D eigenvalue weighted by molar-refractivity contribution is 5.91. The van der Waals surface area contributed by atoms with E-state index in [0.29, 0.717) is 5.56 Å². The first-order valence-corrected chi connectivity index (χ1v) is 11.8. The van der Waals surface area contributed by atoms with Crippen LogP contribution in [0.5, 0.6) is 0 Å². The molecule has 0 bridgehead atoms. The maximum atomic E-state index is 13.0. The Labute approximate surface area is 214 Å². The van der Waals surface area contributed by atoms with E-state index in [4.69, 9.17) is 18.9 Å². The molecule has 0 amide bonds. The maximum Gasteiger partial charge on any atom is 0.338 e. The number of ether oxygens (including phenoxy) is 4. The Morgan fingerprint density at radius 1 is 0.649 bits per heavy atom. The molecule has 0 saturated heterocycles. The van der Waals surface area contributed by atoms with Gasteiger partial charge in [0.25, 0.3) is 0 Å². The van der Waals surface area contributed by atoms with E-state index in [1.165, 1.54) is 7.11 Å². The molecule has 4 atom stereocenters. The van der Waals surface area contributed by atoms with Crippen molar-refractivity contribution < 1.29 is 38.1 Å². The molecule has 0 aromatic heterocycles. The van der Waals surface area contributed by atoms with Crippen LogP contribution in [0.3, 0.4) is 0 Å². The number of esters is 4. The zero-order valence-corrected chi connectivity index (χ0v) is 20.1. The normalized spacial score (nSPS) is 20.5. The molecule has 1 aliphatic rings. The van der Waals surface area contributed by atoms with Gasteiger partial charge >= 0.3 is 23.9 Å². The summed E-state index contributed by atoms with van der Waals surface area (Å²) >= 11 is 0. The Balaban J connectivity index is 1.60. The van der Waals surface area contributed by atoms with Crippen molar-refractivity contribution in [1.82, 2.24) is 0 Å². The van der Waals surface area contributed by atoms with E-state index in [-0.39, 0.29) is 24.2 Å². The van der Waals surface area contributed by atoms with E-state index >= 15 is 0 Å². The van der Waals surface area contributed by atoms with Gasteiger partial charge in [0.05, 0.1) is 36.3 Å². The van der Waals surface area contributed by atoms with Crippen molar-refractivity contribution in [3.05, 3.63) is 108 Å². The summed E-state index contributed by atoms with van der Waals surface area (Å²) in [7, 11) is 1.23. The predicted molar refractivity (Wildman–Crippen MR) is 132 cm³/mol. The third-order valence-corrected chi connectivity index (χ3v) is 6.19. The Kier molecular flexibility index (Phi) is 8.30. The smallest absolute Gasteiger partial charge is 0.338 e. The summed E-state index contributed by atoms with van der Waals surface area (Å²) in [6, 6.07) is 25.0. The molecule has 8 nitrogen and oxygen atoms in total. The summed E-state index contributed by atoms with van der Waals surface area (Å²) in [5, 5.41) is 0. The molecule has 1 fully saturated rings. The molecule has 4 rings (SSSR count). The number of carbonyl (C=O) groups is 4. The van der Waals surface area contributed by atoms with Crippen LogP contribution in [0, 0.1) is 11.8 Å². The lowest BCUT2D eigenvalue weighted by Crippen LogP contribution is -2.40. The van der Waals surface area contributed by atoms with Crippen molar-refractivity contribution in [3.63, 3.8) is 0 Å². The van der Waals surface area contributed by atoms with Crippen molar-refractivity contribution in [2.45, 2.75) is 18.6 Å². The molecule has 0 spiro atoms. The molecule has 37 heavy (non-hydrogen) atoms. The second-order valence-corrected chi connectivity index (χ2v) is 8.56. The second kappa shape index (κ2) is 12.0. The van der Waals surface area contributed by atoms with Gasteiger partial charge in [0.2, 0.25) is 0 Å². The maximum absolute atomic E-state index is 13.0. The zero-order valence-electron chi connectivity index (χ0n) is 20.1. The van der Waals surface area contributed by atoms with Crippen LogP contribution in [0.25, 0.3) is 0 Å². The quantitative estimate of drug-likeness (QED) is 0.335. The number of hydrogen-bond donors (Lipinski definition) is 0. The molecule has 190 valence electrons. The van der Waals surface area contributed by atoms with Gasteiger partial charge in [0.1, 0.15) is 6.10 Å². The lowest BCUT2D eigenvalue weighted by molar-refractivity contribution is -0.150. The van der Waals surface area contributed by atoms with Gasteiger partial charge in [-0.2, -0.15) is 0 Å². The van der Waals surface area contributed by atoms with Gasteiger partial charge in [-0.1, -0.05) is 54.6 Å². The fourth-order valence-electron chi connectivity index (χ4n) is 4.32. The summed E-state index contributed by atoms with van der Waals surface area (Å²) in [5.74, 6) is -4.07. The van der Waals surface area contributed by atoms with Crippen molar-refractivity contribution in [2.75, 3.05) is 13.7 Å². The predicted octanol–water partition coefficient (Wildman–Crippen LogP) is 4.10. The molecule has 8 heteroatoms. The minimum Gasteiger partial charge on any atom is -0.469 e. The van der Waals surface area contributed by atoms with E-state index in [1.807, 2.05) is 0 Å². The minimum atomic E-state index is -1.15. The fourth-order valence-corrected chi connectivity index (χ4v) is 4.32. The summed E-state index contributed by atoms with van der Waals surface area (Å²) < 4.78 is 22.0. The van der Waals surface area contributed by atoms with E-state index in [9.17, 15) is 19.2 Å². The highest BCUT2D eigenvalue weighted by atomic mass is 16.6. The Morgan fingerprint density at radius 3 is 1.54 bits per heavy atom. The first-order valence-electron chi connectivity index (χ1n) is 11.8. The monoisotopic (exact) mass is 502 g/mol. The third-order valence-electron chi connectivity index (χ3n) is 6.19. The van der Waals surface area contributed by atoms with E-state index in [2.05, 4.69) is 0 Å². The van der Waals surface area contributed by atoms with Crippen LogP contribution in [-0.2, 0) is 23.7 Å². The van der Waals surface area contributed by atoms with Crippen LogP contribution in [0.1, 0.15) is 37.5 Å². The molecule has 0 radical (unpaired) electrons. The number of carbonyl (C=O) groups excluding carboxylic acids is 4. The van der Waals surface area contributed by atoms with Gasteiger partial charge in [-0.15, -0.1) is 0 Å². The summed E-state index contributed by atoms with van der Waals surface area (Å²) in [6.45, 7) is -0.159. The largest absolute Gasteiger partial charge is 0.469 e. The number of methoxy groups -OCH3 is 1. The molecular formula is C29H26O8. The summed E-state index contributed by atoms with van der Waals surface area (Å²) in [6.07, 6.45) is -2.09. The number of rotatable bonds is 8. The van der Waals surface area contributed by atoms with Crippen molar-refractivity contribution >= 4 is 23.9 Å². The molecule has 1 saturated carbocycles. The second-order valence-electron chi connectivity index (χ2n) is 8.56. The van der Waals surface area contributed by atoms with Gasteiger partial charge in [-0.3, -0.25) is 4.79 Å². The summed E-state index contributed by atoms with van der Waals surface area (Å²) in [5.41, 5.74) is 0.922. The lowest BCUT2D eigenvalue weighted by Gasteiger charge is -2.26. The van der Waals surface area contributed by atoms with Gasteiger partial charge in [-0.25, -0.2) is 14.4 Å². The van der Waals surface area contributed by atoms with Crippen molar-refractivity contribution in [1.29, 1.82) is 0 Å². The highest BCUT2D eigenvalue weighted by Crippen LogP contribution is 2.38. The van der Waals surface area contributed by atoms with E-state index < -0.39 is 47.9 Å². The molecule has 0 heterocycles. The van der Waals surface area contributed by atoms with Crippen LogP contribution < -0.4 is 0 Å². The van der Waals surface area contributed by atoms with Gasteiger partial charge in [0, 0.05) is 5.92 Å². The Hall–Kier alpha value is -4.46. The molecular weight excluding hydrogens is 476 g/mol.